The highest BCUT2D eigenvalue weighted by atomic mass is 35.5. The second-order valence-corrected chi connectivity index (χ2v) is 10.9. The second-order valence-electron chi connectivity index (χ2n) is 8.53. The highest BCUT2D eigenvalue weighted by molar-refractivity contribution is 7.90. The fourth-order valence-electron chi connectivity index (χ4n) is 4.93. The van der Waals surface area contributed by atoms with Crippen molar-refractivity contribution in [2.45, 2.75) is 44.2 Å². The van der Waals surface area contributed by atoms with E-state index in [1.807, 2.05) is 0 Å². The third-order valence-corrected chi connectivity index (χ3v) is 7.06. The van der Waals surface area contributed by atoms with Gasteiger partial charge in [-0.05, 0) is 54.7 Å². The zero-order valence-corrected chi connectivity index (χ0v) is 17.0. The van der Waals surface area contributed by atoms with Crippen LogP contribution in [0.3, 0.4) is 0 Å². The molecule has 1 N–H and O–H groups in total. The Morgan fingerprint density at radius 2 is 2.04 bits per heavy atom. The maximum absolute atomic E-state index is 13.6. The lowest BCUT2D eigenvalue weighted by Crippen LogP contribution is -2.62. The van der Waals surface area contributed by atoms with Gasteiger partial charge in [-0.2, -0.15) is 0 Å². The van der Waals surface area contributed by atoms with Crippen LogP contribution in [0, 0.1) is 23.6 Å². The van der Waals surface area contributed by atoms with Gasteiger partial charge in [-0.3, -0.25) is 0 Å². The van der Waals surface area contributed by atoms with Crippen LogP contribution in [-0.2, 0) is 14.6 Å². The van der Waals surface area contributed by atoms with Gasteiger partial charge in [0.15, 0.2) is 14.9 Å². The van der Waals surface area contributed by atoms with E-state index < -0.39 is 21.8 Å². The van der Waals surface area contributed by atoms with E-state index in [0.717, 1.165) is 25.5 Å². The molecule has 0 radical (unpaired) electrons. The summed E-state index contributed by atoms with van der Waals surface area (Å²) in [6.45, 7) is 4.49. The molecular weight excluding hydrogens is 391 g/mol. The molecule has 0 amide bonds. The average molecular weight is 413 g/mol. The van der Waals surface area contributed by atoms with Gasteiger partial charge in [0.1, 0.15) is 17.7 Å². The Morgan fingerprint density at radius 3 is 2.56 bits per heavy atom. The van der Waals surface area contributed by atoms with Crippen molar-refractivity contribution in [3.8, 4) is 0 Å². The zero-order chi connectivity index (χ0) is 19.6. The van der Waals surface area contributed by atoms with Gasteiger partial charge in [0.25, 0.3) is 0 Å². The number of ether oxygens (including phenoxy) is 1. The first-order chi connectivity index (χ1) is 12.5. The number of aryl methyl sites for hydroxylation is 1. The normalized spacial score (nSPS) is 27.7. The highest BCUT2D eigenvalue weighted by Crippen LogP contribution is 2.73. The van der Waals surface area contributed by atoms with Gasteiger partial charge in [-0.25, -0.2) is 17.8 Å². The molecule has 1 unspecified atom stereocenters. The highest BCUT2D eigenvalue weighted by Gasteiger charge is 2.64. The maximum Gasteiger partial charge on any atom is 0.194 e. The number of aromatic amines is 1. The quantitative estimate of drug-likeness (QED) is 0.771. The molecule has 27 heavy (non-hydrogen) atoms. The van der Waals surface area contributed by atoms with E-state index in [1.54, 1.807) is 13.0 Å². The predicted molar refractivity (Wildman–Crippen MR) is 100 cm³/mol. The lowest BCUT2D eigenvalue weighted by Gasteiger charge is -2.69. The van der Waals surface area contributed by atoms with E-state index >= 15 is 0 Å². The van der Waals surface area contributed by atoms with E-state index in [2.05, 4.69) is 16.9 Å². The summed E-state index contributed by atoms with van der Waals surface area (Å²) in [5, 5.41) is -0.0110. The maximum atomic E-state index is 13.6. The molecule has 2 bridgehead atoms. The number of sulfone groups is 1. The summed E-state index contributed by atoms with van der Waals surface area (Å²) in [6.07, 6.45) is 3.90. The summed E-state index contributed by atoms with van der Waals surface area (Å²) >= 11 is 5.95. The Hall–Kier alpha value is -1.44. The number of imidazole rings is 1. The summed E-state index contributed by atoms with van der Waals surface area (Å²) in [7, 11) is -3.46. The largest absolute Gasteiger partial charge is 0.365 e. The van der Waals surface area contributed by atoms with E-state index in [1.165, 1.54) is 12.1 Å². The van der Waals surface area contributed by atoms with Crippen LogP contribution in [0.5, 0.6) is 0 Å². The zero-order valence-electron chi connectivity index (χ0n) is 15.5. The van der Waals surface area contributed by atoms with Crippen molar-refractivity contribution < 1.29 is 17.5 Å². The van der Waals surface area contributed by atoms with Gasteiger partial charge in [-0.15, -0.1) is 0 Å². The van der Waals surface area contributed by atoms with Gasteiger partial charge < -0.3 is 9.72 Å². The van der Waals surface area contributed by atoms with Crippen LogP contribution in [0.25, 0.3) is 0 Å². The van der Waals surface area contributed by atoms with Gasteiger partial charge in [0.05, 0.1) is 17.3 Å². The van der Waals surface area contributed by atoms with Crippen molar-refractivity contribution in [1.29, 1.82) is 0 Å². The molecular formula is C19H22ClFN2O3S. The van der Waals surface area contributed by atoms with Crippen molar-refractivity contribution in [2.75, 3.05) is 12.9 Å². The third kappa shape index (κ3) is 3.30. The van der Waals surface area contributed by atoms with Gasteiger partial charge in [0.2, 0.25) is 0 Å². The smallest absolute Gasteiger partial charge is 0.194 e. The van der Waals surface area contributed by atoms with Gasteiger partial charge >= 0.3 is 0 Å². The molecule has 146 valence electrons. The first-order valence-corrected chi connectivity index (χ1v) is 11.1. The topological polar surface area (TPSA) is 72.0 Å². The van der Waals surface area contributed by atoms with Gasteiger partial charge in [-0.1, -0.05) is 24.6 Å². The third-order valence-electron chi connectivity index (χ3n) is 5.67. The molecule has 5 rings (SSSR count). The number of hydrogen-bond acceptors (Lipinski definition) is 4. The summed E-state index contributed by atoms with van der Waals surface area (Å²) in [4.78, 5) is 7.30. The van der Waals surface area contributed by atoms with Crippen LogP contribution in [0.15, 0.2) is 23.2 Å². The summed E-state index contributed by atoms with van der Waals surface area (Å²) in [5.74, 6) is -0.132. The molecule has 2 aromatic rings. The summed E-state index contributed by atoms with van der Waals surface area (Å²) < 4.78 is 43.7. The molecule has 3 aliphatic rings. The van der Waals surface area contributed by atoms with E-state index in [4.69, 9.17) is 16.3 Å². The van der Waals surface area contributed by atoms with E-state index in [-0.39, 0.29) is 15.5 Å². The van der Waals surface area contributed by atoms with Crippen molar-refractivity contribution in [3.05, 3.63) is 46.1 Å². The molecule has 1 heterocycles. The number of nitrogens with zero attached hydrogens (tertiary/aromatic N) is 1. The molecule has 1 atom stereocenters. The standard InChI is InChI=1S/C19H22ClFN2O3S/c1-11-17(27(3,24)25)23-16(22-11)15(12-4-5-14(21)13(20)6-12)26-10-19-7-18(2,8-19)9-19/h4-6,15H,7-10H2,1-3H3,(H,22,23). The van der Waals surface area contributed by atoms with Crippen molar-refractivity contribution in [1.82, 2.24) is 9.97 Å². The van der Waals surface area contributed by atoms with E-state index in [0.29, 0.717) is 29.1 Å². The molecule has 3 saturated carbocycles. The molecule has 0 aliphatic heterocycles. The van der Waals surface area contributed by atoms with Gasteiger partial charge in [0, 0.05) is 6.26 Å². The average Bonchev–Trinajstić information content (AvgIpc) is 2.89. The first-order valence-electron chi connectivity index (χ1n) is 8.84. The summed E-state index contributed by atoms with van der Waals surface area (Å²) in [5.41, 5.74) is 1.75. The summed E-state index contributed by atoms with van der Waals surface area (Å²) in [6, 6.07) is 4.37. The lowest BCUT2D eigenvalue weighted by molar-refractivity contribution is -0.226. The van der Waals surface area contributed by atoms with Crippen molar-refractivity contribution >= 4 is 21.4 Å². The minimum absolute atomic E-state index is 0.00247. The Balaban J connectivity index is 1.66. The molecule has 8 heteroatoms. The SMILES string of the molecule is Cc1[nH]c(C(OCC23CC(C)(C2)C3)c2ccc(F)c(Cl)c2)nc1S(C)(=O)=O. The Kier molecular flexibility index (Phi) is 4.22. The number of halogens is 2. The Morgan fingerprint density at radius 1 is 1.37 bits per heavy atom. The fraction of sp³-hybridized carbons (Fsp3) is 0.526. The Bertz CT molecular complexity index is 998. The number of aromatic nitrogens is 2. The minimum Gasteiger partial charge on any atom is -0.365 e. The van der Waals surface area contributed by atoms with Crippen molar-refractivity contribution in [2.24, 2.45) is 10.8 Å². The number of H-pyrrole nitrogens is 1. The number of rotatable bonds is 6. The molecule has 3 fully saturated rings. The van der Waals surface area contributed by atoms with Crippen molar-refractivity contribution in [3.63, 3.8) is 0 Å². The fourth-order valence-corrected chi connectivity index (χ4v) is 5.99. The molecule has 5 nitrogen and oxygen atoms in total. The first kappa shape index (κ1) is 18.9. The van der Waals surface area contributed by atoms with Crippen LogP contribution in [0.4, 0.5) is 4.39 Å². The van der Waals surface area contributed by atoms with Crippen LogP contribution < -0.4 is 0 Å². The monoisotopic (exact) mass is 412 g/mol. The lowest BCUT2D eigenvalue weighted by atomic mass is 9.36. The van der Waals surface area contributed by atoms with Crippen LogP contribution in [0.2, 0.25) is 5.02 Å². The predicted octanol–water partition coefficient (Wildman–Crippen LogP) is 4.21. The van der Waals surface area contributed by atoms with Crippen LogP contribution in [0.1, 0.15) is 49.4 Å². The number of hydrogen-bond donors (Lipinski definition) is 1. The molecule has 3 aliphatic carbocycles. The second kappa shape index (κ2) is 6.03. The number of benzene rings is 1. The minimum atomic E-state index is -3.46. The van der Waals surface area contributed by atoms with Crippen LogP contribution in [-0.4, -0.2) is 31.2 Å². The Labute approximate surface area is 163 Å². The van der Waals surface area contributed by atoms with E-state index in [9.17, 15) is 12.8 Å². The molecule has 1 aromatic heterocycles. The molecule has 0 saturated heterocycles. The molecule has 1 aromatic carbocycles. The van der Waals surface area contributed by atoms with Crippen LogP contribution >= 0.6 is 11.6 Å². The number of nitrogens with one attached hydrogen (secondary N) is 1. The molecule has 0 spiro atoms.